The fourth-order valence-corrected chi connectivity index (χ4v) is 1.51. The standard InChI is InChI=1S/C8H10BF3O4/c9-8(12)7(15,2-1-5(10)11)6(14)4(3-13)16-8/h2,4,6,13-15H,3,9H2/t4-,6+,7?,8-/m1/s1. The van der Waals surface area contributed by atoms with Crippen LogP contribution in [0.25, 0.3) is 0 Å². The lowest BCUT2D eigenvalue weighted by molar-refractivity contribution is -0.144. The Kier molecular flexibility index (Phi) is 3.51. The lowest BCUT2D eigenvalue weighted by atomic mass is 9.78. The van der Waals surface area contributed by atoms with Gasteiger partial charge < -0.3 is 20.1 Å². The smallest absolute Gasteiger partial charge is 0.312 e. The number of halogens is 3. The molecular formula is C8H10BF3O4. The molecule has 0 radical (unpaired) electrons. The van der Waals surface area contributed by atoms with Crippen LogP contribution in [0.15, 0.2) is 17.9 Å². The number of alkyl halides is 1. The predicted molar refractivity (Wildman–Crippen MR) is 49.1 cm³/mol. The molecule has 1 saturated heterocycles. The molecule has 16 heavy (non-hydrogen) atoms. The zero-order valence-electron chi connectivity index (χ0n) is 8.32. The second-order valence-corrected chi connectivity index (χ2v) is 3.57. The van der Waals surface area contributed by atoms with E-state index in [1.54, 1.807) is 0 Å². The monoisotopic (exact) mass is 238 g/mol. The number of aliphatic hydroxyl groups is 3. The average molecular weight is 238 g/mol. The molecule has 0 saturated carbocycles. The Morgan fingerprint density at radius 3 is 2.50 bits per heavy atom. The lowest BCUT2D eigenvalue weighted by Gasteiger charge is -2.29. The van der Waals surface area contributed by atoms with Gasteiger partial charge in [-0.3, -0.25) is 0 Å². The van der Waals surface area contributed by atoms with Gasteiger partial charge in [-0.15, -0.1) is 0 Å². The van der Waals surface area contributed by atoms with Crippen molar-refractivity contribution in [1.82, 2.24) is 0 Å². The van der Waals surface area contributed by atoms with Crippen molar-refractivity contribution in [3.63, 3.8) is 0 Å². The van der Waals surface area contributed by atoms with Gasteiger partial charge >= 0.3 is 6.08 Å². The minimum Gasteiger partial charge on any atom is -0.394 e. The highest BCUT2D eigenvalue weighted by Crippen LogP contribution is 2.40. The lowest BCUT2D eigenvalue weighted by Crippen LogP contribution is -2.53. The van der Waals surface area contributed by atoms with Gasteiger partial charge in [0.15, 0.2) is 13.4 Å². The molecule has 8 heteroatoms. The van der Waals surface area contributed by atoms with Crippen LogP contribution in [-0.4, -0.2) is 53.3 Å². The van der Waals surface area contributed by atoms with Crippen molar-refractivity contribution in [3.8, 4) is 0 Å². The van der Waals surface area contributed by atoms with Gasteiger partial charge in [0.05, 0.1) is 6.61 Å². The normalized spacial score (nSPS) is 42.9. The number of hydrogen-bond donors (Lipinski definition) is 3. The molecule has 0 bridgehead atoms. The number of ether oxygens (including phenoxy) is 1. The highest BCUT2D eigenvalue weighted by Gasteiger charge is 2.62. The van der Waals surface area contributed by atoms with Gasteiger partial charge in [-0.2, -0.15) is 8.78 Å². The predicted octanol–water partition coefficient (Wildman–Crippen LogP) is -1.34. The van der Waals surface area contributed by atoms with Crippen molar-refractivity contribution < 1.29 is 33.2 Å². The summed E-state index contributed by atoms with van der Waals surface area (Å²) in [5.41, 5.74) is -1.37. The van der Waals surface area contributed by atoms with Crippen molar-refractivity contribution in [2.75, 3.05) is 6.61 Å². The topological polar surface area (TPSA) is 69.9 Å². The summed E-state index contributed by atoms with van der Waals surface area (Å²) in [6.07, 6.45) is -5.23. The molecule has 1 unspecified atom stereocenters. The van der Waals surface area contributed by atoms with E-state index in [0.717, 1.165) is 7.85 Å². The second kappa shape index (κ2) is 4.23. The summed E-state index contributed by atoms with van der Waals surface area (Å²) in [5, 5.41) is 27.9. The highest BCUT2D eigenvalue weighted by molar-refractivity contribution is 6.14. The van der Waals surface area contributed by atoms with E-state index in [2.05, 4.69) is 4.74 Å². The Morgan fingerprint density at radius 1 is 1.56 bits per heavy atom. The van der Waals surface area contributed by atoms with Crippen molar-refractivity contribution >= 4 is 7.85 Å². The Balaban J connectivity index is 3.14. The van der Waals surface area contributed by atoms with Crippen LogP contribution in [0.5, 0.6) is 0 Å². The van der Waals surface area contributed by atoms with Crippen LogP contribution in [-0.2, 0) is 4.74 Å². The molecule has 0 amide bonds. The maximum absolute atomic E-state index is 13.7. The number of rotatable bonds is 2. The van der Waals surface area contributed by atoms with E-state index >= 15 is 0 Å². The molecule has 3 N–H and O–H groups in total. The summed E-state index contributed by atoms with van der Waals surface area (Å²) in [7, 11) is 0.764. The molecule has 0 spiro atoms. The van der Waals surface area contributed by atoms with Gasteiger partial charge in [0, 0.05) is 6.08 Å². The van der Waals surface area contributed by atoms with Crippen LogP contribution >= 0.6 is 0 Å². The quantitative estimate of drug-likeness (QED) is 0.411. The summed E-state index contributed by atoms with van der Waals surface area (Å²) in [6, 6.07) is 0. The third kappa shape index (κ3) is 2.02. The SMILES string of the molecule is B[C@]1(F)O[C@H](CO)[C@H](O)C1(O)C=C=C(F)F. The van der Waals surface area contributed by atoms with E-state index in [-0.39, 0.29) is 0 Å². The number of hydrogen-bond acceptors (Lipinski definition) is 4. The van der Waals surface area contributed by atoms with Gasteiger partial charge in [-0.05, 0) is 0 Å². The first-order chi connectivity index (χ1) is 7.24. The summed E-state index contributed by atoms with van der Waals surface area (Å²) in [4.78, 5) is 0. The molecule has 4 nitrogen and oxygen atoms in total. The van der Waals surface area contributed by atoms with Crippen molar-refractivity contribution in [2.24, 2.45) is 0 Å². The molecule has 0 aromatic carbocycles. The summed E-state index contributed by atoms with van der Waals surface area (Å²) in [5.74, 6) is -2.79. The summed E-state index contributed by atoms with van der Waals surface area (Å²) in [6.45, 7) is -0.751. The van der Waals surface area contributed by atoms with Crippen LogP contribution < -0.4 is 0 Å². The molecule has 1 aliphatic heterocycles. The van der Waals surface area contributed by atoms with E-state index < -0.39 is 36.3 Å². The van der Waals surface area contributed by atoms with Crippen LogP contribution in [0, 0.1) is 0 Å². The minimum absolute atomic E-state index is 0.294. The summed E-state index contributed by atoms with van der Waals surface area (Å²) < 4.78 is 41.8. The third-order valence-electron chi connectivity index (χ3n) is 2.47. The highest BCUT2D eigenvalue weighted by atomic mass is 19.3. The number of aliphatic hydroxyl groups excluding tert-OH is 2. The minimum atomic E-state index is -2.79. The van der Waals surface area contributed by atoms with E-state index in [1.165, 1.54) is 5.73 Å². The molecule has 1 fully saturated rings. The van der Waals surface area contributed by atoms with E-state index in [0.29, 0.717) is 6.08 Å². The van der Waals surface area contributed by atoms with Crippen molar-refractivity contribution in [2.45, 2.75) is 23.6 Å². The van der Waals surface area contributed by atoms with E-state index in [9.17, 15) is 23.4 Å². The molecule has 90 valence electrons. The van der Waals surface area contributed by atoms with Gasteiger partial charge in [0.1, 0.15) is 12.2 Å². The van der Waals surface area contributed by atoms with E-state index in [1.807, 2.05) is 0 Å². The zero-order chi connectivity index (χ0) is 12.6. The second-order valence-electron chi connectivity index (χ2n) is 3.57. The van der Waals surface area contributed by atoms with Crippen LogP contribution in [0.1, 0.15) is 0 Å². The fraction of sp³-hybridized carbons (Fsp3) is 0.625. The first kappa shape index (κ1) is 13.3. The molecule has 1 rings (SSSR count). The maximum Gasteiger partial charge on any atom is 0.312 e. The molecule has 0 aromatic rings. The van der Waals surface area contributed by atoms with Crippen LogP contribution in [0.2, 0.25) is 0 Å². The maximum atomic E-state index is 13.7. The van der Waals surface area contributed by atoms with Gasteiger partial charge in [0.25, 0.3) is 0 Å². The fourth-order valence-electron chi connectivity index (χ4n) is 1.51. The van der Waals surface area contributed by atoms with Gasteiger partial charge in [-0.25, -0.2) is 4.39 Å². The first-order valence-electron chi connectivity index (χ1n) is 4.41. The Labute approximate surface area is 90.1 Å². The Bertz CT molecular complexity index is 338. The average Bonchev–Trinajstić information content (AvgIpc) is 2.36. The summed E-state index contributed by atoms with van der Waals surface area (Å²) >= 11 is 0. The molecule has 4 atom stereocenters. The third-order valence-corrected chi connectivity index (χ3v) is 2.47. The van der Waals surface area contributed by atoms with Gasteiger partial charge in [-0.1, -0.05) is 5.73 Å². The molecule has 1 aliphatic rings. The Morgan fingerprint density at radius 2 is 2.12 bits per heavy atom. The zero-order valence-corrected chi connectivity index (χ0v) is 8.32. The van der Waals surface area contributed by atoms with Crippen molar-refractivity contribution in [1.29, 1.82) is 0 Å². The van der Waals surface area contributed by atoms with Crippen LogP contribution in [0.4, 0.5) is 13.2 Å². The van der Waals surface area contributed by atoms with Crippen LogP contribution in [0.3, 0.4) is 0 Å². The van der Waals surface area contributed by atoms with Gasteiger partial charge in [0.2, 0.25) is 5.75 Å². The molecule has 0 aliphatic carbocycles. The molecular weight excluding hydrogens is 228 g/mol. The Hall–Kier alpha value is -0.785. The van der Waals surface area contributed by atoms with E-state index in [4.69, 9.17) is 5.11 Å². The first-order valence-corrected chi connectivity index (χ1v) is 4.41. The molecule has 1 heterocycles. The van der Waals surface area contributed by atoms with Crippen molar-refractivity contribution in [3.05, 3.63) is 17.9 Å². The molecule has 0 aromatic heterocycles. The largest absolute Gasteiger partial charge is 0.394 e.